The number of rotatable bonds is 7. The zero-order valence-corrected chi connectivity index (χ0v) is 21.3. The van der Waals surface area contributed by atoms with Crippen LogP contribution in [0.1, 0.15) is 47.2 Å². The highest BCUT2D eigenvalue weighted by Gasteiger charge is 2.28. The molecule has 1 atom stereocenters. The van der Waals surface area contributed by atoms with Crippen molar-refractivity contribution in [2.24, 2.45) is 0 Å². The van der Waals surface area contributed by atoms with Crippen LogP contribution in [0, 0.1) is 17.0 Å². The van der Waals surface area contributed by atoms with E-state index in [-0.39, 0.29) is 34.0 Å². The summed E-state index contributed by atoms with van der Waals surface area (Å²) < 4.78 is 5.56. The van der Waals surface area contributed by atoms with Gasteiger partial charge < -0.3 is 15.0 Å². The molecule has 2 amide bonds. The Morgan fingerprint density at radius 2 is 1.86 bits per heavy atom. The number of pyridine rings is 1. The number of aromatic nitrogens is 1. The summed E-state index contributed by atoms with van der Waals surface area (Å²) in [6.07, 6.45) is 2.41. The van der Waals surface area contributed by atoms with Crippen molar-refractivity contribution in [3.05, 3.63) is 92.6 Å². The van der Waals surface area contributed by atoms with Gasteiger partial charge in [-0.1, -0.05) is 29.8 Å². The van der Waals surface area contributed by atoms with E-state index in [1.54, 1.807) is 43.1 Å². The van der Waals surface area contributed by atoms with Gasteiger partial charge in [-0.25, -0.2) is 4.98 Å². The third-order valence-electron chi connectivity index (χ3n) is 6.51. The van der Waals surface area contributed by atoms with Crippen molar-refractivity contribution in [2.75, 3.05) is 18.4 Å². The van der Waals surface area contributed by atoms with Crippen LogP contribution < -0.4 is 10.1 Å². The van der Waals surface area contributed by atoms with Gasteiger partial charge in [0.1, 0.15) is 0 Å². The Kier molecular flexibility index (Phi) is 8.03. The van der Waals surface area contributed by atoms with E-state index in [0.717, 1.165) is 18.4 Å². The van der Waals surface area contributed by atoms with Crippen LogP contribution >= 0.6 is 11.6 Å². The molecular weight excluding hydrogens is 496 g/mol. The molecule has 1 aromatic heterocycles. The topological polar surface area (TPSA) is 115 Å². The Bertz CT molecular complexity index is 1290. The molecule has 0 saturated carbocycles. The number of halogens is 1. The second kappa shape index (κ2) is 11.4. The first-order chi connectivity index (χ1) is 17.7. The minimum absolute atomic E-state index is 0.157. The number of piperidine rings is 1. The average Bonchev–Trinajstić information content (AvgIpc) is 2.90. The summed E-state index contributed by atoms with van der Waals surface area (Å²) in [5, 5.41) is 14.3. The largest absolute Gasteiger partial charge is 0.465 e. The summed E-state index contributed by atoms with van der Waals surface area (Å²) in [5.41, 5.74) is 2.21. The maximum Gasteiger partial charge on any atom is 0.274 e. The molecular formula is C27H27ClN4O5. The quantitative estimate of drug-likeness (QED) is 0.329. The number of nitro benzene ring substituents is 1. The number of nitro groups is 1. The molecule has 1 aliphatic heterocycles. The Morgan fingerprint density at radius 1 is 1.16 bits per heavy atom. The standard InChI is InChI=1S/C27H27ClN4O5/c1-17-23(15-21(28)16-24(17)32(35)36)27(34)31-13-10-20(11-14-31)19-6-8-22(9-7-19)30-26(33)18(2)37-25-5-3-4-12-29-25/h3-9,12,15-16,18,20H,10-11,13-14H2,1-2H3,(H,30,33). The highest BCUT2D eigenvalue weighted by Crippen LogP contribution is 2.32. The number of hydrogen-bond acceptors (Lipinski definition) is 6. The molecule has 2 heterocycles. The van der Waals surface area contributed by atoms with E-state index in [0.29, 0.717) is 30.2 Å². The number of anilines is 1. The van der Waals surface area contributed by atoms with Gasteiger partial charge in [-0.15, -0.1) is 0 Å². The number of nitrogens with one attached hydrogen (secondary N) is 1. The van der Waals surface area contributed by atoms with Gasteiger partial charge in [0.2, 0.25) is 5.88 Å². The van der Waals surface area contributed by atoms with Crippen LogP contribution in [0.4, 0.5) is 11.4 Å². The van der Waals surface area contributed by atoms with Gasteiger partial charge in [-0.2, -0.15) is 0 Å². The van der Waals surface area contributed by atoms with Gasteiger partial charge in [-0.3, -0.25) is 19.7 Å². The number of carbonyl (C=O) groups excluding carboxylic acids is 2. The van der Waals surface area contributed by atoms with Gasteiger partial charge in [0.15, 0.2) is 6.10 Å². The minimum Gasteiger partial charge on any atom is -0.465 e. The molecule has 4 rings (SSSR count). The van der Waals surface area contributed by atoms with Crippen molar-refractivity contribution in [3.63, 3.8) is 0 Å². The molecule has 3 aromatic rings. The van der Waals surface area contributed by atoms with E-state index in [1.807, 2.05) is 24.3 Å². The van der Waals surface area contributed by atoms with E-state index in [9.17, 15) is 19.7 Å². The molecule has 2 aromatic carbocycles. The molecule has 0 aliphatic carbocycles. The Labute approximate surface area is 219 Å². The smallest absolute Gasteiger partial charge is 0.274 e. The second-order valence-corrected chi connectivity index (χ2v) is 9.40. The summed E-state index contributed by atoms with van der Waals surface area (Å²) in [6, 6.07) is 15.7. The summed E-state index contributed by atoms with van der Waals surface area (Å²) in [4.78, 5) is 42.1. The molecule has 1 saturated heterocycles. The van der Waals surface area contributed by atoms with Gasteiger partial charge in [0, 0.05) is 47.7 Å². The summed E-state index contributed by atoms with van der Waals surface area (Å²) >= 11 is 6.04. The predicted molar refractivity (Wildman–Crippen MR) is 140 cm³/mol. The van der Waals surface area contributed by atoms with E-state index >= 15 is 0 Å². The molecule has 0 spiro atoms. The molecule has 1 unspecified atom stereocenters. The van der Waals surface area contributed by atoms with Crippen molar-refractivity contribution < 1.29 is 19.2 Å². The van der Waals surface area contributed by atoms with E-state index < -0.39 is 11.0 Å². The summed E-state index contributed by atoms with van der Waals surface area (Å²) in [7, 11) is 0. The average molecular weight is 523 g/mol. The van der Waals surface area contributed by atoms with Crippen LogP contribution in [0.15, 0.2) is 60.8 Å². The van der Waals surface area contributed by atoms with Crippen LogP contribution in [0.5, 0.6) is 5.88 Å². The number of carbonyl (C=O) groups is 2. The van der Waals surface area contributed by atoms with Crippen molar-refractivity contribution in [3.8, 4) is 5.88 Å². The molecule has 0 radical (unpaired) electrons. The third-order valence-corrected chi connectivity index (χ3v) is 6.73. The molecule has 1 aliphatic rings. The van der Waals surface area contributed by atoms with Gasteiger partial charge in [0.25, 0.3) is 17.5 Å². The number of amides is 2. The first kappa shape index (κ1) is 26.1. The van der Waals surface area contributed by atoms with Gasteiger partial charge in [-0.05, 0) is 62.4 Å². The maximum atomic E-state index is 13.1. The lowest BCUT2D eigenvalue weighted by molar-refractivity contribution is -0.385. The molecule has 192 valence electrons. The third kappa shape index (κ3) is 6.24. The number of ether oxygens (including phenoxy) is 1. The highest BCUT2D eigenvalue weighted by atomic mass is 35.5. The number of likely N-dealkylation sites (tertiary alicyclic amines) is 1. The number of benzene rings is 2. The fourth-order valence-corrected chi connectivity index (χ4v) is 4.61. The number of nitrogens with zero attached hydrogens (tertiary/aromatic N) is 3. The van der Waals surface area contributed by atoms with Crippen molar-refractivity contribution in [1.29, 1.82) is 0 Å². The minimum atomic E-state index is -0.707. The predicted octanol–water partition coefficient (Wildman–Crippen LogP) is 5.38. The SMILES string of the molecule is Cc1c(C(=O)N2CCC(c3ccc(NC(=O)C(C)Oc4ccccn4)cc3)CC2)cc(Cl)cc1[N+](=O)[O-]. The van der Waals surface area contributed by atoms with Crippen LogP contribution in [0.3, 0.4) is 0 Å². The van der Waals surface area contributed by atoms with E-state index in [2.05, 4.69) is 10.3 Å². The van der Waals surface area contributed by atoms with Crippen LogP contribution in [0.2, 0.25) is 5.02 Å². The first-order valence-electron chi connectivity index (χ1n) is 11.9. The summed E-state index contributed by atoms with van der Waals surface area (Å²) in [6.45, 7) is 4.30. The monoisotopic (exact) mass is 522 g/mol. The zero-order chi connectivity index (χ0) is 26.5. The lowest BCUT2D eigenvalue weighted by atomic mass is 9.89. The van der Waals surface area contributed by atoms with Crippen LogP contribution in [-0.4, -0.2) is 45.8 Å². The van der Waals surface area contributed by atoms with E-state index in [1.165, 1.54) is 12.1 Å². The van der Waals surface area contributed by atoms with Crippen LogP contribution in [-0.2, 0) is 4.79 Å². The Morgan fingerprint density at radius 3 is 2.49 bits per heavy atom. The fourth-order valence-electron chi connectivity index (χ4n) is 4.40. The molecule has 10 heteroatoms. The molecule has 1 N–H and O–H groups in total. The second-order valence-electron chi connectivity index (χ2n) is 8.96. The molecule has 1 fully saturated rings. The molecule has 0 bridgehead atoms. The normalized spacial score (nSPS) is 14.6. The lowest BCUT2D eigenvalue weighted by Gasteiger charge is -2.32. The van der Waals surface area contributed by atoms with Gasteiger partial charge >= 0.3 is 0 Å². The van der Waals surface area contributed by atoms with Crippen molar-refractivity contribution >= 4 is 34.8 Å². The van der Waals surface area contributed by atoms with Gasteiger partial charge in [0.05, 0.1) is 10.5 Å². The Hall–Kier alpha value is -3.98. The number of hydrogen-bond donors (Lipinski definition) is 1. The molecule has 37 heavy (non-hydrogen) atoms. The van der Waals surface area contributed by atoms with E-state index in [4.69, 9.17) is 16.3 Å². The molecule has 9 nitrogen and oxygen atoms in total. The highest BCUT2D eigenvalue weighted by molar-refractivity contribution is 6.31. The lowest BCUT2D eigenvalue weighted by Crippen LogP contribution is -2.38. The summed E-state index contributed by atoms with van der Waals surface area (Å²) in [5.74, 6) is 0.118. The van der Waals surface area contributed by atoms with Crippen molar-refractivity contribution in [2.45, 2.75) is 38.7 Å². The maximum absolute atomic E-state index is 13.1. The fraction of sp³-hybridized carbons (Fsp3) is 0.296. The Balaban J connectivity index is 1.33. The zero-order valence-electron chi connectivity index (χ0n) is 20.5. The van der Waals surface area contributed by atoms with Crippen molar-refractivity contribution in [1.82, 2.24) is 9.88 Å². The first-order valence-corrected chi connectivity index (χ1v) is 12.3. The van der Waals surface area contributed by atoms with Crippen LogP contribution in [0.25, 0.3) is 0 Å².